The molecule has 0 fully saturated rings. The van der Waals surface area contributed by atoms with Crippen molar-refractivity contribution < 1.29 is 19.0 Å². The maximum absolute atomic E-state index is 11.0. The first kappa shape index (κ1) is 14.3. The van der Waals surface area contributed by atoms with E-state index in [0.717, 1.165) is 17.9 Å². The van der Waals surface area contributed by atoms with Gasteiger partial charge in [0.15, 0.2) is 6.61 Å². The van der Waals surface area contributed by atoms with Gasteiger partial charge in [0.1, 0.15) is 11.5 Å². The predicted octanol–water partition coefficient (Wildman–Crippen LogP) is 1.36. The van der Waals surface area contributed by atoms with Crippen LogP contribution in [0.3, 0.4) is 0 Å². The Morgan fingerprint density at radius 2 is 2.11 bits per heavy atom. The monoisotopic (exact) mass is 253 g/mol. The van der Waals surface area contributed by atoms with E-state index in [9.17, 15) is 4.79 Å². The summed E-state index contributed by atoms with van der Waals surface area (Å²) < 4.78 is 15.1. The number of rotatable bonds is 7. The Labute approximate surface area is 107 Å². The van der Waals surface area contributed by atoms with E-state index in [1.165, 1.54) is 7.11 Å². The summed E-state index contributed by atoms with van der Waals surface area (Å²) in [7, 11) is 2.95. The molecule has 0 aliphatic rings. The smallest absolute Gasteiger partial charge is 0.343 e. The highest BCUT2D eigenvalue weighted by Crippen LogP contribution is 2.24. The molecule has 0 spiro atoms. The second kappa shape index (κ2) is 7.55. The molecule has 5 heteroatoms. The highest BCUT2D eigenvalue weighted by Gasteiger charge is 2.08. The van der Waals surface area contributed by atoms with Gasteiger partial charge in [0.25, 0.3) is 0 Å². The van der Waals surface area contributed by atoms with Gasteiger partial charge in [-0.3, -0.25) is 0 Å². The average Bonchev–Trinajstić information content (AvgIpc) is 2.42. The van der Waals surface area contributed by atoms with Gasteiger partial charge in [-0.05, 0) is 24.7 Å². The lowest BCUT2D eigenvalue weighted by Crippen LogP contribution is -2.16. The Morgan fingerprint density at radius 1 is 1.33 bits per heavy atom. The molecule has 5 nitrogen and oxygen atoms in total. The zero-order valence-corrected chi connectivity index (χ0v) is 11.0. The number of hydrogen-bond donors (Lipinski definition) is 1. The fraction of sp³-hybridized carbons (Fsp3) is 0.462. The molecule has 0 saturated heterocycles. The Bertz CT molecular complexity index is 393. The summed E-state index contributed by atoms with van der Waals surface area (Å²) in [6.07, 6.45) is 0. The molecule has 1 N–H and O–H groups in total. The summed E-state index contributed by atoms with van der Waals surface area (Å²) in [6.45, 7) is 3.44. The van der Waals surface area contributed by atoms with Crippen molar-refractivity contribution in [3.63, 3.8) is 0 Å². The second-order valence-corrected chi connectivity index (χ2v) is 3.62. The van der Waals surface area contributed by atoms with Gasteiger partial charge in [-0.15, -0.1) is 0 Å². The summed E-state index contributed by atoms with van der Waals surface area (Å²) in [4.78, 5) is 11.0. The highest BCUT2D eigenvalue weighted by atomic mass is 16.6. The molecule has 0 bridgehead atoms. The second-order valence-electron chi connectivity index (χ2n) is 3.62. The van der Waals surface area contributed by atoms with E-state index < -0.39 is 5.97 Å². The van der Waals surface area contributed by atoms with E-state index in [2.05, 4.69) is 10.1 Å². The van der Waals surface area contributed by atoms with Crippen molar-refractivity contribution >= 4 is 5.97 Å². The zero-order chi connectivity index (χ0) is 13.4. The van der Waals surface area contributed by atoms with Crippen LogP contribution in [0.15, 0.2) is 18.2 Å². The molecule has 0 radical (unpaired) electrons. The van der Waals surface area contributed by atoms with Crippen molar-refractivity contribution in [2.24, 2.45) is 0 Å². The van der Waals surface area contributed by atoms with E-state index in [1.807, 2.05) is 13.0 Å². The zero-order valence-electron chi connectivity index (χ0n) is 11.0. The molecule has 0 aliphatic heterocycles. The first-order valence-electron chi connectivity index (χ1n) is 5.78. The predicted molar refractivity (Wildman–Crippen MR) is 67.9 cm³/mol. The molecule has 18 heavy (non-hydrogen) atoms. The Hall–Kier alpha value is -1.75. The lowest BCUT2D eigenvalue weighted by Gasteiger charge is -2.12. The molecule has 0 atom stereocenters. The van der Waals surface area contributed by atoms with Crippen LogP contribution in [0.4, 0.5) is 0 Å². The normalized spacial score (nSPS) is 9.94. The van der Waals surface area contributed by atoms with E-state index in [4.69, 9.17) is 9.47 Å². The largest absolute Gasteiger partial charge is 0.497 e. The minimum absolute atomic E-state index is 0.0953. The molecule has 0 aromatic heterocycles. The van der Waals surface area contributed by atoms with Crippen LogP contribution >= 0.6 is 0 Å². The third kappa shape index (κ3) is 4.25. The third-order valence-corrected chi connectivity index (χ3v) is 2.41. The highest BCUT2D eigenvalue weighted by molar-refractivity contribution is 5.70. The van der Waals surface area contributed by atoms with Gasteiger partial charge in [-0.25, -0.2) is 4.79 Å². The van der Waals surface area contributed by atoms with Gasteiger partial charge in [0.2, 0.25) is 0 Å². The minimum Gasteiger partial charge on any atom is -0.497 e. The minimum atomic E-state index is -0.403. The van der Waals surface area contributed by atoms with Gasteiger partial charge in [-0.1, -0.05) is 6.92 Å². The van der Waals surface area contributed by atoms with Crippen molar-refractivity contribution in [2.45, 2.75) is 13.5 Å². The lowest BCUT2D eigenvalue weighted by molar-refractivity contribution is -0.142. The number of hydrogen-bond acceptors (Lipinski definition) is 5. The number of methoxy groups -OCH3 is 2. The van der Waals surface area contributed by atoms with E-state index >= 15 is 0 Å². The van der Waals surface area contributed by atoms with Crippen molar-refractivity contribution in [3.8, 4) is 11.5 Å². The topological polar surface area (TPSA) is 56.8 Å². The van der Waals surface area contributed by atoms with E-state index in [0.29, 0.717) is 12.3 Å². The summed E-state index contributed by atoms with van der Waals surface area (Å²) >= 11 is 0. The van der Waals surface area contributed by atoms with Crippen LogP contribution in [0, 0.1) is 0 Å². The number of carbonyl (C=O) groups excluding carboxylic acids is 1. The maximum atomic E-state index is 11.0. The van der Waals surface area contributed by atoms with Gasteiger partial charge >= 0.3 is 5.97 Å². The first-order chi connectivity index (χ1) is 8.71. The number of ether oxygens (including phenoxy) is 3. The molecule has 0 saturated carbocycles. The van der Waals surface area contributed by atoms with Gasteiger partial charge in [-0.2, -0.15) is 0 Å². The number of carbonyl (C=O) groups is 1. The standard InChI is InChI=1S/C13H19NO4/c1-4-14-8-10-7-11(16-2)5-6-12(10)18-9-13(15)17-3/h5-7,14H,4,8-9H2,1-3H3. The third-order valence-electron chi connectivity index (χ3n) is 2.41. The summed E-state index contributed by atoms with van der Waals surface area (Å²) in [5, 5.41) is 3.21. The molecule has 1 aromatic carbocycles. The maximum Gasteiger partial charge on any atom is 0.343 e. The Balaban J connectivity index is 2.77. The molecular formula is C13H19NO4. The van der Waals surface area contributed by atoms with Crippen LogP contribution in [-0.4, -0.2) is 33.3 Å². The van der Waals surface area contributed by atoms with Gasteiger partial charge in [0.05, 0.1) is 14.2 Å². The Morgan fingerprint density at radius 3 is 2.72 bits per heavy atom. The first-order valence-corrected chi connectivity index (χ1v) is 5.78. The molecule has 0 aliphatic carbocycles. The molecule has 1 aromatic rings. The fourth-order valence-electron chi connectivity index (χ4n) is 1.42. The summed E-state index contributed by atoms with van der Waals surface area (Å²) in [5.41, 5.74) is 0.945. The van der Waals surface area contributed by atoms with E-state index in [-0.39, 0.29) is 6.61 Å². The number of esters is 1. The van der Waals surface area contributed by atoms with Crippen LogP contribution in [-0.2, 0) is 16.1 Å². The van der Waals surface area contributed by atoms with Crippen molar-refractivity contribution in [2.75, 3.05) is 27.4 Å². The Kier molecular flexibility index (Phi) is 6.00. The van der Waals surface area contributed by atoms with Crippen LogP contribution in [0.1, 0.15) is 12.5 Å². The number of benzene rings is 1. The van der Waals surface area contributed by atoms with Crippen molar-refractivity contribution in [1.82, 2.24) is 5.32 Å². The molecular weight excluding hydrogens is 234 g/mol. The van der Waals surface area contributed by atoms with Crippen LogP contribution in [0.2, 0.25) is 0 Å². The van der Waals surface area contributed by atoms with Crippen LogP contribution < -0.4 is 14.8 Å². The van der Waals surface area contributed by atoms with Crippen LogP contribution in [0.25, 0.3) is 0 Å². The quantitative estimate of drug-likeness (QED) is 0.743. The lowest BCUT2D eigenvalue weighted by atomic mass is 10.2. The fourth-order valence-corrected chi connectivity index (χ4v) is 1.42. The molecule has 0 unspecified atom stereocenters. The molecule has 100 valence electrons. The van der Waals surface area contributed by atoms with Crippen LogP contribution in [0.5, 0.6) is 11.5 Å². The van der Waals surface area contributed by atoms with Crippen molar-refractivity contribution in [3.05, 3.63) is 23.8 Å². The molecule has 0 heterocycles. The number of nitrogens with one attached hydrogen (secondary N) is 1. The molecule has 1 rings (SSSR count). The van der Waals surface area contributed by atoms with E-state index in [1.54, 1.807) is 19.2 Å². The van der Waals surface area contributed by atoms with Gasteiger partial charge < -0.3 is 19.5 Å². The van der Waals surface area contributed by atoms with Gasteiger partial charge in [0, 0.05) is 12.1 Å². The molecule has 0 amide bonds. The summed E-state index contributed by atoms with van der Waals surface area (Å²) in [5.74, 6) is 1.01. The summed E-state index contributed by atoms with van der Waals surface area (Å²) in [6, 6.07) is 5.46. The average molecular weight is 253 g/mol. The van der Waals surface area contributed by atoms with Crippen molar-refractivity contribution in [1.29, 1.82) is 0 Å². The SMILES string of the molecule is CCNCc1cc(OC)ccc1OCC(=O)OC.